The van der Waals surface area contributed by atoms with Crippen LogP contribution in [0.5, 0.6) is 5.75 Å². The molecule has 0 unspecified atom stereocenters. The maximum Gasteiger partial charge on any atom is 0.263 e. The average Bonchev–Trinajstić information content (AvgIpc) is 2.40. The predicted octanol–water partition coefficient (Wildman–Crippen LogP) is 3.29. The SMILES string of the molecule is COc1ccc(S(=O)(=O)Nc2ccc(F)cc2)c(Cl)c1. The Bertz CT molecular complexity index is 717. The molecule has 0 heterocycles. The Morgan fingerprint density at radius 3 is 2.35 bits per heavy atom. The Morgan fingerprint density at radius 2 is 1.80 bits per heavy atom. The summed E-state index contributed by atoms with van der Waals surface area (Å²) in [5, 5.41) is 0.0407. The molecule has 0 spiro atoms. The first kappa shape index (κ1) is 14.6. The first-order valence-electron chi connectivity index (χ1n) is 5.54. The number of halogens is 2. The molecule has 2 aromatic carbocycles. The van der Waals surface area contributed by atoms with Crippen molar-refractivity contribution in [2.75, 3.05) is 11.8 Å². The molecule has 2 aromatic rings. The second-order valence-electron chi connectivity index (χ2n) is 3.91. The Morgan fingerprint density at radius 1 is 1.15 bits per heavy atom. The van der Waals surface area contributed by atoms with Crippen molar-refractivity contribution < 1.29 is 17.5 Å². The van der Waals surface area contributed by atoms with Crippen molar-refractivity contribution in [3.05, 3.63) is 53.3 Å². The summed E-state index contributed by atoms with van der Waals surface area (Å²) in [5.41, 5.74) is 0.248. The molecule has 0 saturated heterocycles. The van der Waals surface area contributed by atoms with Gasteiger partial charge in [0.1, 0.15) is 16.5 Å². The van der Waals surface area contributed by atoms with Gasteiger partial charge in [-0.05, 0) is 36.4 Å². The lowest BCUT2D eigenvalue weighted by atomic mass is 10.3. The summed E-state index contributed by atoms with van der Waals surface area (Å²) in [6.07, 6.45) is 0. The van der Waals surface area contributed by atoms with Crippen LogP contribution in [0.2, 0.25) is 5.02 Å². The van der Waals surface area contributed by atoms with Gasteiger partial charge >= 0.3 is 0 Å². The third-order valence-corrected chi connectivity index (χ3v) is 4.39. The third-order valence-electron chi connectivity index (χ3n) is 2.53. The molecule has 0 amide bonds. The van der Waals surface area contributed by atoms with Crippen LogP contribution in [0.15, 0.2) is 47.4 Å². The van der Waals surface area contributed by atoms with Gasteiger partial charge in [0.2, 0.25) is 0 Å². The molecule has 106 valence electrons. The number of rotatable bonds is 4. The minimum atomic E-state index is -3.84. The molecule has 0 bridgehead atoms. The van der Waals surface area contributed by atoms with E-state index in [0.29, 0.717) is 5.75 Å². The summed E-state index contributed by atoms with van der Waals surface area (Å²) in [6, 6.07) is 9.20. The molecule has 4 nitrogen and oxygen atoms in total. The average molecular weight is 316 g/mol. The van der Waals surface area contributed by atoms with Gasteiger partial charge in [-0.1, -0.05) is 11.6 Å². The normalized spacial score (nSPS) is 11.2. The lowest BCUT2D eigenvalue weighted by Crippen LogP contribution is -2.13. The van der Waals surface area contributed by atoms with E-state index in [1.807, 2.05) is 0 Å². The second-order valence-corrected chi connectivity index (χ2v) is 5.97. The number of sulfonamides is 1. The van der Waals surface area contributed by atoms with E-state index in [0.717, 1.165) is 12.1 Å². The molecular formula is C13H11ClFNO3S. The summed E-state index contributed by atoms with van der Waals surface area (Å²) >= 11 is 5.92. The summed E-state index contributed by atoms with van der Waals surface area (Å²) in [4.78, 5) is -0.0794. The fraction of sp³-hybridized carbons (Fsp3) is 0.0769. The Hall–Kier alpha value is -1.79. The van der Waals surface area contributed by atoms with Crippen molar-refractivity contribution in [3.63, 3.8) is 0 Å². The van der Waals surface area contributed by atoms with E-state index in [1.54, 1.807) is 0 Å². The molecule has 0 aliphatic heterocycles. The van der Waals surface area contributed by atoms with E-state index in [-0.39, 0.29) is 15.6 Å². The van der Waals surface area contributed by atoms with Gasteiger partial charge in [0.25, 0.3) is 10.0 Å². The van der Waals surface area contributed by atoms with Crippen molar-refractivity contribution in [2.24, 2.45) is 0 Å². The zero-order valence-corrected chi connectivity index (χ0v) is 12.0. The van der Waals surface area contributed by atoms with Gasteiger partial charge in [-0.15, -0.1) is 0 Å². The van der Waals surface area contributed by atoms with Crippen LogP contribution in [0.25, 0.3) is 0 Å². The smallest absolute Gasteiger partial charge is 0.263 e. The standard InChI is InChI=1S/C13H11ClFNO3S/c1-19-11-6-7-13(12(14)8-11)20(17,18)16-10-4-2-9(15)3-5-10/h2-8,16H,1H3. The first-order chi connectivity index (χ1) is 9.42. The van der Waals surface area contributed by atoms with Crippen LogP contribution in [-0.4, -0.2) is 15.5 Å². The van der Waals surface area contributed by atoms with E-state index in [2.05, 4.69) is 4.72 Å². The van der Waals surface area contributed by atoms with E-state index in [9.17, 15) is 12.8 Å². The maximum atomic E-state index is 12.8. The molecule has 0 radical (unpaired) electrons. The van der Waals surface area contributed by atoms with Crippen LogP contribution >= 0.6 is 11.6 Å². The fourth-order valence-electron chi connectivity index (χ4n) is 1.55. The number of benzene rings is 2. The molecule has 0 fully saturated rings. The molecule has 0 saturated carbocycles. The Balaban J connectivity index is 2.33. The molecule has 1 N–H and O–H groups in total. The summed E-state index contributed by atoms with van der Waals surface area (Å²) < 4.78 is 44.4. The van der Waals surface area contributed by atoms with Gasteiger partial charge in [-0.2, -0.15) is 0 Å². The van der Waals surface area contributed by atoms with E-state index in [1.165, 1.54) is 37.4 Å². The van der Waals surface area contributed by atoms with Crippen molar-refractivity contribution in [1.82, 2.24) is 0 Å². The van der Waals surface area contributed by atoms with Gasteiger partial charge in [-0.3, -0.25) is 4.72 Å². The zero-order chi connectivity index (χ0) is 14.8. The van der Waals surface area contributed by atoms with Crippen LogP contribution in [0.4, 0.5) is 10.1 Å². The zero-order valence-electron chi connectivity index (χ0n) is 10.4. The minimum absolute atomic E-state index is 0.0407. The second kappa shape index (κ2) is 5.68. The van der Waals surface area contributed by atoms with E-state index < -0.39 is 15.8 Å². The summed E-state index contributed by atoms with van der Waals surface area (Å²) in [5.74, 6) is 0.00570. The number of ether oxygens (including phenoxy) is 1. The quantitative estimate of drug-likeness (QED) is 0.942. The highest BCUT2D eigenvalue weighted by atomic mass is 35.5. The summed E-state index contributed by atoms with van der Waals surface area (Å²) in [6.45, 7) is 0. The van der Waals surface area contributed by atoms with Crippen LogP contribution in [0.3, 0.4) is 0 Å². The van der Waals surface area contributed by atoms with Crippen molar-refractivity contribution >= 4 is 27.3 Å². The monoisotopic (exact) mass is 315 g/mol. The predicted molar refractivity (Wildman–Crippen MR) is 75.2 cm³/mol. The lowest BCUT2D eigenvalue weighted by Gasteiger charge is -2.10. The molecule has 0 aliphatic carbocycles. The molecule has 7 heteroatoms. The van der Waals surface area contributed by atoms with Crippen LogP contribution in [0.1, 0.15) is 0 Å². The Kier molecular flexibility index (Phi) is 4.15. The number of anilines is 1. The van der Waals surface area contributed by atoms with Crippen LogP contribution in [0, 0.1) is 5.82 Å². The highest BCUT2D eigenvalue weighted by molar-refractivity contribution is 7.92. The van der Waals surface area contributed by atoms with Gasteiger partial charge in [0.05, 0.1) is 12.1 Å². The summed E-state index contributed by atoms with van der Waals surface area (Å²) in [7, 11) is -2.39. The molecule has 20 heavy (non-hydrogen) atoms. The minimum Gasteiger partial charge on any atom is -0.497 e. The molecule has 0 aromatic heterocycles. The molecule has 2 rings (SSSR count). The van der Waals surface area contributed by atoms with Crippen molar-refractivity contribution in [1.29, 1.82) is 0 Å². The molecular weight excluding hydrogens is 305 g/mol. The van der Waals surface area contributed by atoms with Crippen molar-refractivity contribution in [3.8, 4) is 5.75 Å². The largest absolute Gasteiger partial charge is 0.497 e. The highest BCUT2D eigenvalue weighted by Gasteiger charge is 2.18. The number of hydrogen-bond donors (Lipinski definition) is 1. The van der Waals surface area contributed by atoms with Gasteiger partial charge < -0.3 is 4.74 Å². The van der Waals surface area contributed by atoms with Gasteiger partial charge in [0, 0.05) is 11.8 Å². The van der Waals surface area contributed by atoms with Gasteiger partial charge in [0.15, 0.2) is 0 Å². The number of methoxy groups -OCH3 is 1. The van der Waals surface area contributed by atoms with E-state index in [4.69, 9.17) is 16.3 Å². The molecule has 0 atom stereocenters. The third kappa shape index (κ3) is 3.20. The van der Waals surface area contributed by atoms with E-state index >= 15 is 0 Å². The topological polar surface area (TPSA) is 55.4 Å². The highest BCUT2D eigenvalue weighted by Crippen LogP contribution is 2.27. The Labute approximate surface area is 121 Å². The number of nitrogens with one attached hydrogen (secondary N) is 1. The van der Waals surface area contributed by atoms with Crippen molar-refractivity contribution in [2.45, 2.75) is 4.90 Å². The lowest BCUT2D eigenvalue weighted by molar-refractivity contribution is 0.414. The maximum absolute atomic E-state index is 12.8. The fourth-order valence-corrected chi connectivity index (χ4v) is 3.15. The number of hydrogen-bond acceptors (Lipinski definition) is 3. The molecule has 0 aliphatic rings. The van der Waals surface area contributed by atoms with Crippen LogP contribution < -0.4 is 9.46 Å². The van der Waals surface area contributed by atoms with Gasteiger partial charge in [-0.25, -0.2) is 12.8 Å². The van der Waals surface area contributed by atoms with Crippen LogP contribution in [-0.2, 0) is 10.0 Å². The first-order valence-corrected chi connectivity index (χ1v) is 7.40.